The number of anilines is 1. The van der Waals surface area contributed by atoms with Crippen LogP contribution in [0.5, 0.6) is 5.75 Å². The Bertz CT molecular complexity index is 1370. The smallest absolute Gasteiger partial charge is 0.171 e. The van der Waals surface area contributed by atoms with Crippen molar-refractivity contribution in [3.63, 3.8) is 0 Å². The molecule has 0 saturated heterocycles. The molecule has 2 aromatic heterocycles. The lowest BCUT2D eigenvalue weighted by Gasteiger charge is -2.32. The number of carbonyl (C=O) groups is 2. The van der Waals surface area contributed by atoms with Crippen molar-refractivity contribution >= 4 is 17.4 Å². The van der Waals surface area contributed by atoms with Gasteiger partial charge in [-0.1, -0.05) is 37.1 Å². The molecule has 1 N–H and O–H groups in total. The molecule has 0 amide bonds. The fourth-order valence-electron chi connectivity index (χ4n) is 5.84. The summed E-state index contributed by atoms with van der Waals surface area (Å²) in [6.07, 6.45) is 5.41. The molecule has 2 aliphatic rings. The number of carbonyl (C=O) groups excluding carboxylic acids is 2. The maximum absolute atomic E-state index is 13.2. The first kappa shape index (κ1) is 26.2. The van der Waals surface area contributed by atoms with E-state index in [0.29, 0.717) is 29.1 Å². The normalized spacial score (nSPS) is 17.9. The SMILES string of the molecule is COc1cc(-c2nn(C(C)C)c3c2C(=O)CC(C)(C)N3)ccc1CC(=O)Cc1cc(C2(C)CCCC2)on1. The first-order valence-electron chi connectivity index (χ1n) is 13.6. The lowest BCUT2D eigenvalue weighted by molar-refractivity contribution is -0.117. The van der Waals surface area contributed by atoms with E-state index in [0.717, 1.165) is 35.5 Å². The summed E-state index contributed by atoms with van der Waals surface area (Å²) in [5.41, 5.74) is 3.19. The summed E-state index contributed by atoms with van der Waals surface area (Å²) in [5.74, 6) is 2.35. The Hall–Kier alpha value is -3.42. The van der Waals surface area contributed by atoms with Gasteiger partial charge < -0.3 is 14.6 Å². The van der Waals surface area contributed by atoms with E-state index in [-0.39, 0.29) is 41.4 Å². The molecule has 0 atom stereocenters. The van der Waals surface area contributed by atoms with E-state index in [1.807, 2.05) is 56.6 Å². The van der Waals surface area contributed by atoms with Crippen LogP contribution in [0.15, 0.2) is 28.8 Å². The number of nitrogens with one attached hydrogen (secondary N) is 1. The molecule has 1 aliphatic heterocycles. The first-order valence-corrected chi connectivity index (χ1v) is 13.6. The van der Waals surface area contributed by atoms with Gasteiger partial charge in [-0.3, -0.25) is 9.59 Å². The molecule has 0 unspecified atom stereocenters. The first-order chi connectivity index (χ1) is 18.0. The number of ketones is 2. The zero-order valence-corrected chi connectivity index (χ0v) is 23.3. The highest BCUT2D eigenvalue weighted by molar-refractivity contribution is 6.08. The Morgan fingerprint density at radius 3 is 2.58 bits per heavy atom. The summed E-state index contributed by atoms with van der Waals surface area (Å²) in [7, 11) is 1.59. The number of hydrogen-bond acceptors (Lipinski definition) is 7. The Labute approximate surface area is 224 Å². The van der Waals surface area contributed by atoms with Gasteiger partial charge in [-0.15, -0.1) is 0 Å². The molecule has 1 aromatic carbocycles. The number of hydrogen-bond donors (Lipinski definition) is 1. The predicted molar refractivity (Wildman–Crippen MR) is 146 cm³/mol. The summed E-state index contributed by atoms with van der Waals surface area (Å²) < 4.78 is 13.2. The molecule has 202 valence electrons. The minimum Gasteiger partial charge on any atom is -0.496 e. The highest BCUT2D eigenvalue weighted by Gasteiger charge is 2.37. The minimum absolute atomic E-state index is 0.0295. The summed E-state index contributed by atoms with van der Waals surface area (Å²) in [4.78, 5) is 26.2. The van der Waals surface area contributed by atoms with Crippen molar-refractivity contribution in [2.45, 2.75) is 96.6 Å². The lowest BCUT2D eigenvalue weighted by Crippen LogP contribution is -2.39. The van der Waals surface area contributed by atoms with Crippen molar-refractivity contribution in [2.24, 2.45) is 0 Å². The van der Waals surface area contributed by atoms with Gasteiger partial charge in [0.25, 0.3) is 0 Å². The maximum Gasteiger partial charge on any atom is 0.171 e. The molecular formula is C30H38N4O4. The minimum atomic E-state index is -0.338. The number of Topliss-reactive ketones (excluding diaryl/α,β-unsaturated/α-hetero) is 2. The Morgan fingerprint density at radius 1 is 1.16 bits per heavy atom. The van der Waals surface area contributed by atoms with Gasteiger partial charge in [-0.25, -0.2) is 4.68 Å². The van der Waals surface area contributed by atoms with E-state index < -0.39 is 0 Å². The number of benzene rings is 1. The Kier molecular flexibility index (Phi) is 6.70. The Balaban J connectivity index is 1.38. The van der Waals surface area contributed by atoms with Crippen molar-refractivity contribution in [3.05, 3.63) is 46.8 Å². The van der Waals surface area contributed by atoms with Crippen LogP contribution in [0, 0.1) is 0 Å². The lowest BCUT2D eigenvalue weighted by atomic mass is 9.86. The molecule has 1 aliphatic carbocycles. The highest BCUT2D eigenvalue weighted by Crippen LogP contribution is 2.41. The number of ether oxygens (including phenoxy) is 1. The van der Waals surface area contributed by atoms with Crippen LogP contribution in [0.1, 0.15) is 100 Å². The summed E-state index contributed by atoms with van der Waals surface area (Å²) in [6, 6.07) is 7.72. The zero-order chi connectivity index (χ0) is 27.2. The summed E-state index contributed by atoms with van der Waals surface area (Å²) in [5, 5.41) is 12.5. The number of rotatable bonds is 8. The molecule has 8 heteroatoms. The molecule has 3 aromatic rings. The fourth-order valence-corrected chi connectivity index (χ4v) is 5.84. The number of methoxy groups -OCH3 is 1. The maximum atomic E-state index is 13.2. The van der Waals surface area contributed by atoms with Crippen LogP contribution in [0.3, 0.4) is 0 Å². The van der Waals surface area contributed by atoms with Gasteiger partial charge in [0.05, 0.1) is 24.8 Å². The van der Waals surface area contributed by atoms with E-state index in [2.05, 4.69) is 17.4 Å². The van der Waals surface area contributed by atoms with E-state index in [9.17, 15) is 9.59 Å². The van der Waals surface area contributed by atoms with E-state index in [1.54, 1.807) is 7.11 Å². The summed E-state index contributed by atoms with van der Waals surface area (Å²) in [6.45, 7) is 10.4. The third-order valence-corrected chi connectivity index (χ3v) is 7.93. The second kappa shape index (κ2) is 9.71. The Morgan fingerprint density at radius 2 is 1.89 bits per heavy atom. The van der Waals surface area contributed by atoms with E-state index in [1.165, 1.54) is 12.8 Å². The highest BCUT2D eigenvalue weighted by atomic mass is 16.5. The van der Waals surface area contributed by atoms with Crippen LogP contribution in [-0.2, 0) is 23.1 Å². The van der Waals surface area contributed by atoms with Crippen LogP contribution >= 0.6 is 0 Å². The average molecular weight is 519 g/mol. The number of fused-ring (bicyclic) bond motifs is 1. The van der Waals surface area contributed by atoms with Crippen LogP contribution in [0.25, 0.3) is 11.3 Å². The standard InChI is InChI=1S/C30H38N4O4/c1-18(2)34-28-26(23(36)17-29(3,4)31-28)27(32-34)20-10-9-19(24(14-20)37-6)13-22(35)15-21-16-25(38-33-21)30(5)11-7-8-12-30/h9-10,14,16,18,31H,7-8,11-13,15,17H2,1-6H3. The molecule has 0 radical (unpaired) electrons. The topological polar surface area (TPSA) is 99.2 Å². The molecule has 38 heavy (non-hydrogen) atoms. The van der Waals surface area contributed by atoms with Crippen molar-refractivity contribution in [3.8, 4) is 17.0 Å². The molecule has 0 spiro atoms. The average Bonchev–Trinajstić information content (AvgIpc) is 3.58. The number of aromatic nitrogens is 3. The molecule has 1 fully saturated rings. The van der Waals surface area contributed by atoms with Crippen LogP contribution < -0.4 is 10.1 Å². The van der Waals surface area contributed by atoms with E-state index >= 15 is 0 Å². The third-order valence-electron chi connectivity index (χ3n) is 7.93. The molecule has 1 saturated carbocycles. The fraction of sp³-hybridized carbons (Fsp3) is 0.533. The van der Waals surface area contributed by atoms with E-state index in [4.69, 9.17) is 14.4 Å². The molecule has 8 nitrogen and oxygen atoms in total. The van der Waals surface area contributed by atoms with Gasteiger partial charge in [0.1, 0.15) is 28.8 Å². The van der Waals surface area contributed by atoms with Gasteiger partial charge in [0, 0.05) is 47.0 Å². The molecule has 3 heterocycles. The largest absolute Gasteiger partial charge is 0.496 e. The summed E-state index contributed by atoms with van der Waals surface area (Å²) >= 11 is 0. The van der Waals surface area contributed by atoms with Gasteiger partial charge >= 0.3 is 0 Å². The van der Waals surface area contributed by atoms with Crippen LogP contribution in [-0.4, -0.2) is 39.2 Å². The van der Waals surface area contributed by atoms with Crippen LogP contribution in [0.4, 0.5) is 5.82 Å². The van der Waals surface area contributed by atoms with Gasteiger partial charge in [-0.2, -0.15) is 5.10 Å². The third kappa shape index (κ3) is 4.88. The van der Waals surface area contributed by atoms with Gasteiger partial charge in [-0.05, 0) is 46.6 Å². The number of nitrogens with zero attached hydrogens (tertiary/aromatic N) is 3. The van der Waals surface area contributed by atoms with Crippen molar-refractivity contribution in [1.29, 1.82) is 0 Å². The second-order valence-electron chi connectivity index (χ2n) is 12.1. The van der Waals surface area contributed by atoms with Crippen molar-refractivity contribution in [2.75, 3.05) is 12.4 Å². The second-order valence-corrected chi connectivity index (χ2v) is 12.1. The zero-order valence-electron chi connectivity index (χ0n) is 23.3. The molecular weight excluding hydrogens is 480 g/mol. The van der Waals surface area contributed by atoms with Gasteiger partial charge in [0.2, 0.25) is 0 Å². The van der Waals surface area contributed by atoms with Crippen molar-refractivity contribution < 1.29 is 18.8 Å². The molecule has 5 rings (SSSR count). The predicted octanol–water partition coefficient (Wildman–Crippen LogP) is 6.09. The quantitative estimate of drug-likeness (QED) is 0.385. The van der Waals surface area contributed by atoms with Crippen molar-refractivity contribution in [1.82, 2.24) is 14.9 Å². The monoisotopic (exact) mass is 518 g/mol. The van der Waals surface area contributed by atoms with Crippen LogP contribution in [0.2, 0.25) is 0 Å². The molecule has 0 bridgehead atoms. The van der Waals surface area contributed by atoms with Gasteiger partial charge in [0.15, 0.2) is 5.78 Å².